The van der Waals surface area contributed by atoms with Crippen molar-refractivity contribution in [2.75, 3.05) is 0 Å². The summed E-state index contributed by atoms with van der Waals surface area (Å²) in [4.78, 5) is 28.2. The van der Waals surface area contributed by atoms with Gasteiger partial charge in [-0.25, -0.2) is 16.8 Å². The summed E-state index contributed by atoms with van der Waals surface area (Å²) in [6, 6.07) is 17.1. The highest BCUT2D eigenvalue weighted by Gasteiger charge is 2.62. The fourth-order valence-electron chi connectivity index (χ4n) is 9.58. The topological polar surface area (TPSA) is 102 Å². The van der Waals surface area contributed by atoms with E-state index in [0.717, 1.165) is 19.3 Å². The van der Waals surface area contributed by atoms with E-state index >= 15 is 0 Å². The second kappa shape index (κ2) is 9.62. The van der Waals surface area contributed by atoms with E-state index < -0.39 is 30.2 Å². The lowest BCUT2D eigenvalue weighted by atomic mass is 9.64. The van der Waals surface area contributed by atoms with E-state index in [4.69, 9.17) is 0 Å². The Kier molecular flexibility index (Phi) is 6.39. The Labute approximate surface area is 236 Å². The molecule has 10 atom stereocenters. The predicted molar refractivity (Wildman–Crippen MR) is 150 cm³/mol. The van der Waals surface area contributed by atoms with E-state index in [1.54, 1.807) is 60.7 Å². The molecule has 0 aromatic heterocycles. The number of ketones is 2. The zero-order valence-electron chi connectivity index (χ0n) is 22.5. The molecule has 0 radical (unpaired) electrons. The van der Waals surface area contributed by atoms with Crippen LogP contribution in [0.25, 0.3) is 0 Å². The molecule has 0 N–H and O–H groups in total. The molecule has 212 valence electrons. The molecule has 5 aliphatic rings. The van der Waals surface area contributed by atoms with E-state index in [2.05, 4.69) is 0 Å². The standard InChI is InChI=1S/C32H36O6S2/c33-31-27-15-21(39(35,36)19-7-3-1-4-8-19)11-13-23(27)25-17-26-24-14-12-22(40(37,38)20-9-5-2-6-10-20)16-28(24)32(34)30(26)18-29(25)31/h1-10,21-30H,11-18H2. The Hall–Kier alpha value is -2.32. The first-order valence-corrected chi connectivity index (χ1v) is 17.9. The molecule has 0 saturated heterocycles. The fourth-order valence-corrected chi connectivity index (χ4v) is 13.2. The van der Waals surface area contributed by atoms with Gasteiger partial charge in [0, 0.05) is 23.7 Å². The van der Waals surface area contributed by atoms with Crippen molar-refractivity contribution in [1.29, 1.82) is 0 Å². The van der Waals surface area contributed by atoms with Crippen LogP contribution in [0, 0.1) is 47.3 Å². The zero-order chi connectivity index (χ0) is 27.8. The van der Waals surface area contributed by atoms with E-state index in [1.807, 2.05) is 0 Å². The summed E-state index contributed by atoms with van der Waals surface area (Å²) < 4.78 is 53.4. The first-order chi connectivity index (χ1) is 19.2. The van der Waals surface area contributed by atoms with E-state index in [0.29, 0.717) is 41.9 Å². The minimum atomic E-state index is -3.49. The first-order valence-electron chi connectivity index (χ1n) is 14.8. The van der Waals surface area contributed by atoms with Crippen LogP contribution in [0.2, 0.25) is 0 Å². The van der Waals surface area contributed by atoms with E-state index in [-0.39, 0.29) is 58.9 Å². The summed E-state index contributed by atoms with van der Waals surface area (Å²) >= 11 is 0. The summed E-state index contributed by atoms with van der Waals surface area (Å²) in [5.74, 6) is 0.390. The number of hydrogen-bond donors (Lipinski definition) is 0. The van der Waals surface area contributed by atoms with Crippen LogP contribution in [0.5, 0.6) is 0 Å². The minimum absolute atomic E-state index is 0.164. The third-order valence-corrected chi connectivity index (χ3v) is 15.9. The number of fused-ring (bicyclic) bond motifs is 6. The third kappa shape index (κ3) is 3.99. The van der Waals surface area contributed by atoms with Crippen LogP contribution in [-0.4, -0.2) is 38.9 Å². The van der Waals surface area contributed by atoms with Gasteiger partial charge in [0.1, 0.15) is 11.6 Å². The number of hydrogen-bond acceptors (Lipinski definition) is 6. The molecule has 2 aromatic carbocycles. The molecule has 10 unspecified atom stereocenters. The number of carbonyl (C=O) groups excluding carboxylic acids is 2. The Balaban J connectivity index is 1.08. The summed E-state index contributed by atoms with van der Waals surface area (Å²) in [6.07, 6.45) is 4.83. The molecule has 5 fully saturated rings. The average Bonchev–Trinajstić information content (AvgIpc) is 3.42. The lowest BCUT2D eigenvalue weighted by Gasteiger charge is -2.40. The number of rotatable bonds is 4. The summed E-state index contributed by atoms with van der Waals surface area (Å²) in [7, 11) is -6.98. The molecule has 7 rings (SSSR count). The quantitative estimate of drug-likeness (QED) is 0.508. The van der Waals surface area contributed by atoms with Crippen LogP contribution >= 0.6 is 0 Å². The molecular formula is C32H36O6S2. The molecule has 0 amide bonds. The zero-order valence-corrected chi connectivity index (χ0v) is 24.1. The molecule has 2 aromatic rings. The van der Waals surface area contributed by atoms with E-state index in [1.165, 1.54) is 0 Å². The molecule has 6 nitrogen and oxygen atoms in total. The van der Waals surface area contributed by atoms with Crippen molar-refractivity contribution in [3.05, 3.63) is 60.7 Å². The van der Waals surface area contributed by atoms with Crippen molar-refractivity contribution in [2.24, 2.45) is 47.3 Å². The Bertz CT molecular complexity index is 1420. The van der Waals surface area contributed by atoms with Crippen molar-refractivity contribution in [2.45, 2.75) is 71.7 Å². The predicted octanol–water partition coefficient (Wildman–Crippen LogP) is 4.93. The SMILES string of the molecule is O=C1C2CC(S(=O)(=O)c3ccccc3)CCC2C2CC3C(CC12)C(=O)C1CC(S(=O)(=O)c2ccccc2)CCC13. The highest BCUT2D eigenvalue weighted by Crippen LogP contribution is 2.61. The van der Waals surface area contributed by atoms with Crippen LogP contribution in [-0.2, 0) is 29.3 Å². The van der Waals surface area contributed by atoms with Crippen LogP contribution in [0.4, 0.5) is 0 Å². The van der Waals surface area contributed by atoms with Crippen molar-refractivity contribution in [3.63, 3.8) is 0 Å². The second-order valence-electron chi connectivity index (χ2n) is 12.9. The van der Waals surface area contributed by atoms with Crippen molar-refractivity contribution < 1.29 is 26.4 Å². The van der Waals surface area contributed by atoms with E-state index in [9.17, 15) is 26.4 Å². The number of sulfone groups is 2. The molecule has 8 heteroatoms. The Morgan fingerprint density at radius 2 is 0.825 bits per heavy atom. The van der Waals surface area contributed by atoms with Gasteiger partial charge in [-0.3, -0.25) is 9.59 Å². The smallest absolute Gasteiger partial charge is 0.181 e. The minimum Gasteiger partial charge on any atom is -0.299 e. The number of benzene rings is 2. The molecular weight excluding hydrogens is 544 g/mol. The van der Waals surface area contributed by atoms with Crippen LogP contribution in [0.15, 0.2) is 70.5 Å². The Morgan fingerprint density at radius 1 is 0.450 bits per heavy atom. The first kappa shape index (κ1) is 26.6. The molecule has 0 bridgehead atoms. The molecule has 40 heavy (non-hydrogen) atoms. The lowest BCUT2D eigenvalue weighted by Crippen LogP contribution is -2.37. The maximum atomic E-state index is 13.7. The van der Waals surface area contributed by atoms with Crippen molar-refractivity contribution in [3.8, 4) is 0 Å². The van der Waals surface area contributed by atoms with Gasteiger partial charge in [0.15, 0.2) is 19.7 Å². The van der Waals surface area contributed by atoms with Gasteiger partial charge in [-0.05, 0) is 99.3 Å². The van der Waals surface area contributed by atoms with Crippen LogP contribution in [0.3, 0.4) is 0 Å². The Morgan fingerprint density at radius 3 is 1.23 bits per heavy atom. The lowest BCUT2D eigenvalue weighted by molar-refractivity contribution is -0.129. The van der Waals surface area contributed by atoms with Crippen LogP contribution in [0.1, 0.15) is 51.4 Å². The van der Waals surface area contributed by atoms with Gasteiger partial charge in [0.2, 0.25) is 0 Å². The average molecular weight is 581 g/mol. The fraction of sp³-hybridized carbons (Fsp3) is 0.562. The summed E-state index contributed by atoms with van der Waals surface area (Å²) in [6.45, 7) is 0. The second-order valence-corrected chi connectivity index (χ2v) is 17.4. The van der Waals surface area contributed by atoms with Crippen LogP contribution < -0.4 is 0 Å². The van der Waals surface area contributed by atoms with Gasteiger partial charge in [0.25, 0.3) is 0 Å². The van der Waals surface area contributed by atoms with Gasteiger partial charge in [-0.2, -0.15) is 0 Å². The van der Waals surface area contributed by atoms with Gasteiger partial charge >= 0.3 is 0 Å². The maximum absolute atomic E-state index is 13.7. The molecule has 0 aliphatic heterocycles. The molecule has 5 saturated carbocycles. The van der Waals surface area contributed by atoms with Gasteiger partial charge in [-0.1, -0.05) is 36.4 Å². The molecule has 0 spiro atoms. The number of Topliss-reactive ketones (excluding diaryl/α,β-unsaturated/α-hetero) is 2. The highest BCUT2D eigenvalue weighted by molar-refractivity contribution is 7.92. The largest absolute Gasteiger partial charge is 0.299 e. The van der Waals surface area contributed by atoms with Crippen molar-refractivity contribution >= 4 is 31.2 Å². The monoisotopic (exact) mass is 580 g/mol. The molecule has 0 heterocycles. The van der Waals surface area contributed by atoms with Crippen molar-refractivity contribution in [1.82, 2.24) is 0 Å². The third-order valence-electron chi connectivity index (χ3n) is 11.4. The highest BCUT2D eigenvalue weighted by atomic mass is 32.2. The van der Waals surface area contributed by atoms with Gasteiger partial charge < -0.3 is 0 Å². The molecule has 5 aliphatic carbocycles. The van der Waals surface area contributed by atoms with Gasteiger partial charge in [0.05, 0.1) is 20.3 Å². The normalized spacial score (nSPS) is 39.2. The van der Waals surface area contributed by atoms with Gasteiger partial charge in [-0.15, -0.1) is 0 Å². The number of carbonyl (C=O) groups is 2. The summed E-state index contributed by atoms with van der Waals surface area (Å²) in [5, 5.41) is -1.07. The maximum Gasteiger partial charge on any atom is 0.181 e. The summed E-state index contributed by atoms with van der Waals surface area (Å²) in [5.41, 5.74) is 0.